The van der Waals surface area contributed by atoms with Gasteiger partial charge in [-0.15, -0.1) is 0 Å². The van der Waals surface area contributed by atoms with Crippen LogP contribution in [0.4, 0.5) is 0 Å². The highest BCUT2D eigenvalue weighted by molar-refractivity contribution is 5.82. The number of hydrogen-bond acceptors (Lipinski definition) is 3. The first-order valence-electron chi connectivity index (χ1n) is 6.37. The number of likely N-dealkylation sites (N-methyl/N-ethyl adjacent to an activating group) is 1. The fourth-order valence-electron chi connectivity index (χ4n) is 2.05. The second-order valence-corrected chi connectivity index (χ2v) is 4.82. The molecule has 0 saturated heterocycles. The third-order valence-electron chi connectivity index (χ3n) is 3.15. The summed E-state index contributed by atoms with van der Waals surface area (Å²) in [5, 5.41) is 4.38. The Balaban J connectivity index is 2.12. The van der Waals surface area contributed by atoms with Crippen molar-refractivity contribution in [3.8, 4) is 0 Å². The van der Waals surface area contributed by atoms with Gasteiger partial charge < -0.3 is 10.2 Å². The lowest BCUT2D eigenvalue weighted by Crippen LogP contribution is -2.41. The number of nitrogens with zero attached hydrogens (tertiary/aromatic N) is 2. The number of hydrogen-bond donors (Lipinski definition) is 1. The lowest BCUT2D eigenvalue weighted by molar-refractivity contribution is -0.130. The number of pyridine rings is 1. The summed E-state index contributed by atoms with van der Waals surface area (Å²) in [6.45, 7) is 2.54. The molecule has 100 valence electrons. The van der Waals surface area contributed by atoms with E-state index < -0.39 is 0 Å². The van der Waals surface area contributed by atoms with Gasteiger partial charge in [-0.3, -0.25) is 9.78 Å². The normalized spacial score (nSPS) is 12.4. The van der Waals surface area contributed by atoms with Gasteiger partial charge in [0.05, 0.1) is 11.6 Å². The van der Waals surface area contributed by atoms with Gasteiger partial charge in [0.25, 0.3) is 0 Å². The quantitative estimate of drug-likeness (QED) is 0.908. The van der Waals surface area contributed by atoms with Gasteiger partial charge in [-0.05, 0) is 24.6 Å². The van der Waals surface area contributed by atoms with Crippen molar-refractivity contribution in [2.24, 2.45) is 0 Å². The zero-order chi connectivity index (χ0) is 13.8. The summed E-state index contributed by atoms with van der Waals surface area (Å²) in [6, 6.07) is 9.82. The number of carbonyl (C=O) groups excluding carboxylic acids is 1. The second-order valence-electron chi connectivity index (χ2n) is 4.82. The molecule has 19 heavy (non-hydrogen) atoms. The van der Waals surface area contributed by atoms with Crippen LogP contribution >= 0.6 is 0 Å². The Morgan fingerprint density at radius 1 is 1.32 bits per heavy atom. The molecule has 2 rings (SSSR count). The van der Waals surface area contributed by atoms with Gasteiger partial charge in [0.1, 0.15) is 0 Å². The fraction of sp³-hybridized carbons (Fsp3) is 0.333. The van der Waals surface area contributed by atoms with Crippen molar-refractivity contribution < 1.29 is 4.79 Å². The second kappa shape index (κ2) is 5.80. The first-order valence-corrected chi connectivity index (χ1v) is 6.37. The van der Waals surface area contributed by atoms with Gasteiger partial charge in [-0.2, -0.15) is 0 Å². The molecule has 2 aromatic rings. The Labute approximate surface area is 113 Å². The third-order valence-corrected chi connectivity index (χ3v) is 3.15. The molecule has 4 nitrogen and oxygen atoms in total. The van der Waals surface area contributed by atoms with Crippen molar-refractivity contribution in [3.05, 3.63) is 42.1 Å². The number of rotatable bonds is 4. The number of para-hydroxylation sites is 1. The van der Waals surface area contributed by atoms with Crippen LogP contribution in [0, 0.1) is 0 Å². The van der Waals surface area contributed by atoms with Crippen molar-refractivity contribution in [3.63, 3.8) is 0 Å². The molecule has 1 unspecified atom stereocenters. The van der Waals surface area contributed by atoms with Crippen LogP contribution in [0.25, 0.3) is 10.9 Å². The molecule has 1 atom stereocenters. The maximum atomic E-state index is 11.8. The summed E-state index contributed by atoms with van der Waals surface area (Å²) in [7, 11) is 3.53. The predicted molar refractivity (Wildman–Crippen MR) is 76.7 cm³/mol. The van der Waals surface area contributed by atoms with Crippen LogP contribution in [-0.2, 0) is 11.3 Å². The van der Waals surface area contributed by atoms with E-state index in [1.165, 1.54) is 0 Å². The molecule has 0 aliphatic carbocycles. The monoisotopic (exact) mass is 257 g/mol. The van der Waals surface area contributed by atoms with E-state index in [1.54, 1.807) is 25.2 Å². The Bertz CT molecular complexity index is 575. The molecule has 1 aromatic carbocycles. The lowest BCUT2D eigenvalue weighted by atomic mass is 10.1. The van der Waals surface area contributed by atoms with Crippen molar-refractivity contribution >= 4 is 16.8 Å². The summed E-state index contributed by atoms with van der Waals surface area (Å²) in [5.41, 5.74) is 2.14. The van der Waals surface area contributed by atoms with E-state index in [0.717, 1.165) is 16.5 Å². The average molecular weight is 257 g/mol. The number of carbonyl (C=O) groups is 1. The Hall–Kier alpha value is -1.94. The first-order chi connectivity index (χ1) is 9.09. The first kappa shape index (κ1) is 13.5. The zero-order valence-corrected chi connectivity index (χ0v) is 11.6. The highest BCUT2D eigenvalue weighted by Gasteiger charge is 2.14. The largest absolute Gasteiger partial charge is 0.347 e. The van der Waals surface area contributed by atoms with E-state index in [-0.39, 0.29) is 11.9 Å². The third kappa shape index (κ3) is 3.09. The molecule has 1 N–H and O–H groups in total. The SMILES string of the molecule is CC(NCc1ccnc2ccccc12)C(=O)N(C)C. The van der Waals surface area contributed by atoms with E-state index in [9.17, 15) is 4.79 Å². The van der Waals surface area contributed by atoms with Crippen LogP contribution in [0.3, 0.4) is 0 Å². The van der Waals surface area contributed by atoms with Crippen LogP contribution in [-0.4, -0.2) is 35.9 Å². The predicted octanol–water partition coefficient (Wildman–Crippen LogP) is 1.80. The Kier molecular flexibility index (Phi) is 4.12. The van der Waals surface area contributed by atoms with Gasteiger partial charge in [0.15, 0.2) is 0 Å². The molecule has 0 spiro atoms. The van der Waals surface area contributed by atoms with Crippen LogP contribution in [0.5, 0.6) is 0 Å². The molecule has 4 heteroatoms. The van der Waals surface area contributed by atoms with Gasteiger partial charge in [-0.1, -0.05) is 18.2 Å². The highest BCUT2D eigenvalue weighted by atomic mass is 16.2. The van der Waals surface area contributed by atoms with Crippen molar-refractivity contribution in [1.82, 2.24) is 15.2 Å². The zero-order valence-electron chi connectivity index (χ0n) is 11.6. The van der Waals surface area contributed by atoms with E-state index in [2.05, 4.69) is 16.4 Å². The summed E-state index contributed by atoms with van der Waals surface area (Å²) >= 11 is 0. The van der Waals surface area contributed by atoms with Crippen LogP contribution < -0.4 is 5.32 Å². The van der Waals surface area contributed by atoms with E-state index in [1.807, 2.05) is 31.2 Å². The lowest BCUT2D eigenvalue weighted by Gasteiger charge is -2.18. The Morgan fingerprint density at radius 2 is 2.05 bits per heavy atom. The summed E-state index contributed by atoms with van der Waals surface area (Å²) < 4.78 is 0. The number of benzene rings is 1. The van der Waals surface area contributed by atoms with Crippen LogP contribution in [0.1, 0.15) is 12.5 Å². The minimum atomic E-state index is -0.193. The molecular formula is C15H19N3O. The van der Waals surface area contributed by atoms with Gasteiger partial charge in [0, 0.05) is 32.2 Å². The summed E-state index contributed by atoms with van der Waals surface area (Å²) in [5.74, 6) is 0.0818. The minimum Gasteiger partial charge on any atom is -0.347 e. The maximum absolute atomic E-state index is 11.8. The van der Waals surface area contributed by atoms with Crippen molar-refractivity contribution in [2.75, 3.05) is 14.1 Å². The number of amides is 1. The maximum Gasteiger partial charge on any atom is 0.238 e. The molecule has 0 fully saturated rings. The van der Waals surface area contributed by atoms with E-state index in [4.69, 9.17) is 0 Å². The van der Waals surface area contributed by atoms with Gasteiger partial charge in [-0.25, -0.2) is 0 Å². The summed E-state index contributed by atoms with van der Waals surface area (Å²) in [6.07, 6.45) is 1.80. The molecule has 0 aliphatic rings. The van der Waals surface area contributed by atoms with E-state index >= 15 is 0 Å². The molecule has 1 heterocycles. The summed E-state index contributed by atoms with van der Waals surface area (Å²) in [4.78, 5) is 17.7. The van der Waals surface area contributed by atoms with Gasteiger partial charge in [0.2, 0.25) is 5.91 Å². The number of fused-ring (bicyclic) bond motifs is 1. The molecule has 1 amide bonds. The van der Waals surface area contributed by atoms with Crippen LogP contribution in [0.15, 0.2) is 36.5 Å². The minimum absolute atomic E-state index is 0.0818. The fourth-order valence-corrected chi connectivity index (χ4v) is 2.05. The molecule has 0 aliphatic heterocycles. The van der Waals surface area contributed by atoms with E-state index in [0.29, 0.717) is 6.54 Å². The average Bonchev–Trinajstić information content (AvgIpc) is 2.43. The number of aromatic nitrogens is 1. The van der Waals surface area contributed by atoms with Crippen LogP contribution in [0.2, 0.25) is 0 Å². The molecule has 0 bridgehead atoms. The molecule has 1 aromatic heterocycles. The van der Waals surface area contributed by atoms with Gasteiger partial charge >= 0.3 is 0 Å². The topological polar surface area (TPSA) is 45.2 Å². The van der Waals surface area contributed by atoms with Crippen molar-refractivity contribution in [2.45, 2.75) is 19.5 Å². The van der Waals surface area contributed by atoms with Crippen molar-refractivity contribution in [1.29, 1.82) is 0 Å². The molecular weight excluding hydrogens is 238 g/mol. The standard InChI is InChI=1S/C15H19N3O/c1-11(15(19)18(2)3)17-10-12-8-9-16-14-7-5-4-6-13(12)14/h4-9,11,17H,10H2,1-3H3. The smallest absolute Gasteiger partial charge is 0.238 e. The molecule has 0 saturated carbocycles. The Morgan fingerprint density at radius 3 is 2.79 bits per heavy atom. The molecule has 0 radical (unpaired) electrons. The highest BCUT2D eigenvalue weighted by Crippen LogP contribution is 2.15. The number of nitrogens with one attached hydrogen (secondary N) is 1.